The quantitative estimate of drug-likeness (QED) is 0.783. The molecule has 0 N–H and O–H groups in total. The lowest BCUT2D eigenvalue weighted by Gasteiger charge is -2.10. The van der Waals surface area contributed by atoms with E-state index >= 15 is 0 Å². The molecule has 2 aromatic carbocycles. The molecule has 3 nitrogen and oxygen atoms in total. The molecular formula is C16H15ClO3. The number of hydrogen-bond donors (Lipinski definition) is 0. The van der Waals surface area contributed by atoms with Crippen molar-refractivity contribution in [1.82, 2.24) is 0 Å². The Morgan fingerprint density at radius 3 is 2.65 bits per heavy atom. The molecule has 0 fully saturated rings. The largest absolute Gasteiger partial charge is 0.496 e. The van der Waals surface area contributed by atoms with Gasteiger partial charge in [0.25, 0.3) is 0 Å². The van der Waals surface area contributed by atoms with E-state index in [1.165, 1.54) is 7.11 Å². The third-order valence-electron chi connectivity index (χ3n) is 2.92. The van der Waals surface area contributed by atoms with Crippen LogP contribution in [0.15, 0.2) is 42.5 Å². The molecule has 0 atom stereocenters. The van der Waals surface area contributed by atoms with Gasteiger partial charge in [0.1, 0.15) is 11.5 Å². The second kappa shape index (κ2) is 6.44. The van der Waals surface area contributed by atoms with Gasteiger partial charge in [0, 0.05) is 5.02 Å². The first-order chi connectivity index (χ1) is 9.61. The van der Waals surface area contributed by atoms with Crippen LogP contribution in [0.4, 0.5) is 0 Å². The van der Waals surface area contributed by atoms with Crippen LogP contribution in [0.5, 0.6) is 11.5 Å². The third kappa shape index (κ3) is 3.31. The average Bonchev–Trinajstić information content (AvgIpc) is 2.47. The van der Waals surface area contributed by atoms with Crippen LogP contribution in [0.25, 0.3) is 0 Å². The zero-order valence-electron chi connectivity index (χ0n) is 11.4. The first kappa shape index (κ1) is 14.4. The molecule has 104 valence electrons. The lowest BCUT2D eigenvalue weighted by atomic mass is 10.1. The molecule has 0 aromatic heterocycles. The Labute approximate surface area is 123 Å². The molecule has 0 aliphatic rings. The van der Waals surface area contributed by atoms with Gasteiger partial charge in [0.05, 0.1) is 12.7 Å². The molecule has 0 saturated heterocycles. The van der Waals surface area contributed by atoms with Crippen LogP contribution in [-0.4, -0.2) is 19.5 Å². The summed E-state index contributed by atoms with van der Waals surface area (Å²) < 4.78 is 10.7. The maximum absolute atomic E-state index is 12.2. The SMILES string of the molecule is COc1ccccc1C(=O)COc1cc(Cl)ccc1C. The number of Topliss-reactive ketones (excluding diaryl/α,β-unsaturated/α-hetero) is 1. The van der Waals surface area contributed by atoms with Crippen molar-refractivity contribution in [2.24, 2.45) is 0 Å². The fraction of sp³-hybridized carbons (Fsp3) is 0.188. The highest BCUT2D eigenvalue weighted by atomic mass is 35.5. The van der Waals surface area contributed by atoms with Crippen molar-refractivity contribution in [2.75, 3.05) is 13.7 Å². The summed E-state index contributed by atoms with van der Waals surface area (Å²) in [6.45, 7) is 1.85. The van der Waals surface area contributed by atoms with Crippen molar-refractivity contribution in [3.8, 4) is 11.5 Å². The van der Waals surface area contributed by atoms with Gasteiger partial charge < -0.3 is 9.47 Å². The molecule has 0 spiro atoms. The molecule has 2 aromatic rings. The van der Waals surface area contributed by atoms with Crippen LogP contribution in [0.1, 0.15) is 15.9 Å². The molecule has 0 aliphatic carbocycles. The number of halogens is 1. The van der Waals surface area contributed by atoms with E-state index in [1.54, 1.807) is 30.3 Å². The second-order valence-electron chi connectivity index (χ2n) is 4.32. The van der Waals surface area contributed by atoms with Crippen LogP contribution in [0.3, 0.4) is 0 Å². The number of hydrogen-bond acceptors (Lipinski definition) is 3. The minimum Gasteiger partial charge on any atom is -0.496 e. The average molecular weight is 291 g/mol. The molecule has 0 radical (unpaired) electrons. The maximum atomic E-state index is 12.2. The Morgan fingerprint density at radius 2 is 1.90 bits per heavy atom. The molecule has 0 saturated carbocycles. The Balaban J connectivity index is 2.11. The summed E-state index contributed by atoms with van der Waals surface area (Å²) in [6, 6.07) is 12.4. The van der Waals surface area contributed by atoms with Gasteiger partial charge >= 0.3 is 0 Å². The lowest BCUT2D eigenvalue weighted by Crippen LogP contribution is -2.13. The van der Waals surface area contributed by atoms with E-state index in [4.69, 9.17) is 21.1 Å². The van der Waals surface area contributed by atoms with E-state index in [1.807, 2.05) is 19.1 Å². The van der Waals surface area contributed by atoms with E-state index in [0.717, 1.165) is 5.56 Å². The van der Waals surface area contributed by atoms with Crippen LogP contribution in [0.2, 0.25) is 5.02 Å². The van der Waals surface area contributed by atoms with Gasteiger partial charge in [-0.2, -0.15) is 0 Å². The summed E-state index contributed by atoms with van der Waals surface area (Å²) in [5.74, 6) is 1.02. The highest BCUT2D eigenvalue weighted by molar-refractivity contribution is 6.30. The summed E-state index contributed by atoms with van der Waals surface area (Å²) in [5.41, 5.74) is 1.44. The van der Waals surface area contributed by atoms with Gasteiger partial charge in [0.2, 0.25) is 5.78 Å². The van der Waals surface area contributed by atoms with Gasteiger partial charge in [-0.25, -0.2) is 0 Å². The van der Waals surface area contributed by atoms with Crippen LogP contribution in [-0.2, 0) is 0 Å². The minimum absolute atomic E-state index is 0.0540. The molecule has 0 unspecified atom stereocenters. The number of carbonyl (C=O) groups excluding carboxylic acids is 1. The van der Waals surface area contributed by atoms with E-state index in [0.29, 0.717) is 22.1 Å². The number of rotatable bonds is 5. The zero-order valence-corrected chi connectivity index (χ0v) is 12.1. The fourth-order valence-corrected chi connectivity index (χ4v) is 1.99. The van der Waals surface area contributed by atoms with Gasteiger partial charge in [-0.1, -0.05) is 29.8 Å². The molecular weight excluding hydrogens is 276 g/mol. The molecule has 2 rings (SSSR count). The van der Waals surface area contributed by atoms with Crippen molar-refractivity contribution in [1.29, 1.82) is 0 Å². The molecule has 0 amide bonds. The first-order valence-electron chi connectivity index (χ1n) is 6.17. The normalized spacial score (nSPS) is 10.2. The van der Waals surface area contributed by atoms with Gasteiger partial charge in [-0.3, -0.25) is 4.79 Å². The summed E-state index contributed by atoms with van der Waals surface area (Å²) in [4.78, 5) is 12.2. The number of ether oxygens (including phenoxy) is 2. The Morgan fingerprint density at radius 1 is 1.15 bits per heavy atom. The van der Waals surface area contributed by atoms with E-state index in [2.05, 4.69) is 0 Å². The van der Waals surface area contributed by atoms with E-state index in [9.17, 15) is 4.79 Å². The highest BCUT2D eigenvalue weighted by Gasteiger charge is 2.12. The molecule has 4 heteroatoms. The number of ketones is 1. The van der Waals surface area contributed by atoms with Crippen molar-refractivity contribution < 1.29 is 14.3 Å². The predicted molar refractivity (Wildman–Crippen MR) is 79.0 cm³/mol. The summed E-state index contributed by atoms with van der Waals surface area (Å²) in [7, 11) is 1.54. The van der Waals surface area contributed by atoms with Gasteiger partial charge in [-0.15, -0.1) is 0 Å². The molecule has 0 bridgehead atoms. The van der Waals surface area contributed by atoms with Crippen molar-refractivity contribution in [2.45, 2.75) is 6.92 Å². The second-order valence-corrected chi connectivity index (χ2v) is 4.76. The monoisotopic (exact) mass is 290 g/mol. The zero-order chi connectivity index (χ0) is 14.5. The maximum Gasteiger partial charge on any atom is 0.203 e. The molecule has 0 heterocycles. The summed E-state index contributed by atoms with van der Waals surface area (Å²) >= 11 is 5.91. The predicted octanol–water partition coefficient (Wildman–Crippen LogP) is 3.92. The lowest BCUT2D eigenvalue weighted by molar-refractivity contribution is 0.0918. The fourth-order valence-electron chi connectivity index (χ4n) is 1.83. The number of para-hydroxylation sites is 1. The van der Waals surface area contributed by atoms with E-state index in [-0.39, 0.29) is 12.4 Å². The van der Waals surface area contributed by atoms with Crippen LogP contribution >= 0.6 is 11.6 Å². The minimum atomic E-state index is -0.137. The number of aryl methyl sites for hydroxylation is 1. The van der Waals surface area contributed by atoms with Crippen LogP contribution in [0, 0.1) is 6.92 Å². The van der Waals surface area contributed by atoms with Crippen molar-refractivity contribution in [3.05, 3.63) is 58.6 Å². The summed E-state index contributed by atoms with van der Waals surface area (Å²) in [5, 5.41) is 0.579. The number of carbonyl (C=O) groups is 1. The van der Waals surface area contributed by atoms with Gasteiger partial charge in [-0.05, 0) is 36.8 Å². The van der Waals surface area contributed by atoms with Crippen molar-refractivity contribution >= 4 is 17.4 Å². The molecule has 0 aliphatic heterocycles. The first-order valence-corrected chi connectivity index (χ1v) is 6.55. The van der Waals surface area contributed by atoms with Crippen LogP contribution < -0.4 is 9.47 Å². The van der Waals surface area contributed by atoms with E-state index < -0.39 is 0 Å². The highest BCUT2D eigenvalue weighted by Crippen LogP contribution is 2.23. The Kier molecular flexibility index (Phi) is 4.64. The standard InChI is InChI=1S/C16H15ClO3/c1-11-7-8-12(17)9-16(11)20-10-14(18)13-5-3-4-6-15(13)19-2/h3-9H,10H2,1-2H3. The van der Waals surface area contributed by atoms with Crippen molar-refractivity contribution in [3.63, 3.8) is 0 Å². The Hall–Kier alpha value is -2.00. The third-order valence-corrected chi connectivity index (χ3v) is 3.15. The Bertz CT molecular complexity index is 623. The smallest absolute Gasteiger partial charge is 0.203 e. The topological polar surface area (TPSA) is 35.5 Å². The number of methoxy groups -OCH3 is 1. The summed E-state index contributed by atoms with van der Waals surface area (Å²) in [6.07, 6.45) is 0. The number of benzene rings is 2. The molecule has 20 heavy (non-hydrogen) atoms. The van der Waals surface area contributed by atoms with Gasteiger partial charge in [0.15, 0.2) is 6.61 Å².